The Balaban J connectivity index is 2.98. The summed E-state index contributed by atoms with van der Waals surface area (Å²) < 4.78 is 10.6. The molecule has 0 saturated heterocycles. The Morgan fingerprint density at radius 1 is 1.42 bits per heavy atom. The fourth-order valence-electron chi connectivity index (χ4n) is 1.53. The molecule has 1 amide bonds. The first kappa shape index (κ1) is 15.4. The predicted molar refractivity (Wildman–Crippen MR) is 76.9 cm³/mol. The standard InChI is InChI=1S/C14H18ClNO3/c1-4-16-13(17)7-6-10-8-11(15)14(19-5-2)12(9-10)18-3/h6-9H,4-5H2,1-3H3,(H,16,17)/b7-6+. The normalized spacial score (nSPS) is 10.5. The van der Waals surface area contributed by atoms with E-state index < -0.39 is 0 Å². The summed E-state index contributed by atoms with van der Waals surface area (Å²) in [5.41, 5.74) is 0.775. The molecule has 0 atom stereocenters. The average molecular weight is 284 g/mol. The van der Waals surface area contributed by atoms with Gasteiger partial charge in [0, 0.05) is 12.6 Å². The monoisotopic (exact) mass is 283 g/mol. The second kappa shape index (κ2) is 7.69. The Labute approximate surface area is 118 Å². The highest BCUT2D eigenvalue weighted by Crippen LogP contribution is 2.36. The van der Waals surface area contributed by atoms with Crippen molar-refractivity contribution in [3.63, 3.8) is 0 Å². The maximum absolute atomic E-state index is 11.3. The van der Waals surface area contributed by atoms with E-state index in [1.807, 2.05) is 13.8 Å². The molecule has 1 rings (SSSR count). The number of halogens is 1. The zero-order valence-electron chi connectivity index (χ0n) is 11.3. The lowest BCUT2D eigenvalue weighted by Crippen LogP contribution is -2.19. The highest BCUT2D eigenvalue weighted by Gasteiger charge is 2.10. The molecule has 0 fully saturated rings. The van der Waals surface area contributed by atoms with Crippen LogP contribution in [0.25, 0.3) is 6.08 Å². The van der Waals surface area contributed by atoms with Gasteiger partial charge in [-0.25, -0.2) is 0 Å². The largest absolute Gasteiger partial charge is 0.493 e. The molecule has 0 aliphatic carbocycles. The third-order valence-electron chi connectivity index (χ3n) is 2.32. The molecule has 0 heterocycles. The molecule has 4 nitrogen and oxygen atoms in total. The number of benzene rings is 1. The van der Waals surface area contributed by atoms with Crippen molar-refractivity contribution in [3.05, 3.63) is 28.8 Å². The lowest BCUT2D eigenvalue weighted by molar-refractivity contribution is -0.116. The van der Waals surface area contributed by atoms with Gasteiger partial charge >= 0.3 is 0 Å². The summed E-state index contributed by atoms with van der Waals surface area (Å²) in [6.45, 7) is 4.84. The van der Waals surface area contributed by atoms with Crippen molar-refractivity contribution in [3.8, 4) is 11.5 Å². The minimum absolute atomic E-state index is 0.147. The molecule has 0 aliphatic rings. The van der Waals surface area contributed by atoms with Crippen LogP contribution in [0, 0.1) is 0 Å². The molecule has 0 aromatic heterocycles. The van der Waals surface area contributed by atoms with Crippen molar-refractivity contribution < 1.29 is 14.3 Å². The molecule has 0 unspecified atom stereocenters. The molecule has 0 aliphatic heterocycles. The Bertz CT molecular complexity index is 472. The zero-order valence-corrected chi connectivity index (χ0v) is 12.1. The van der Waals surface area contributed by atoms with Crippen LogP contribution in [-0.4, -0.2) is 26.2 Å². The van der Waals surface area contributed by atoms with E-state index in [9.17, 15) is 4.79 Å². The van der Waals surface area contributed by atoms with Gasteiger partial charge in [0.2, 0.25) is 5.91 Å². The van der Waals surface area contributed by atoms with Crippen LogP contribution in [0.1, 0.15) is 19.4 Å². The van der Waals surface area contributed by atoms with E-state index in [0.717, 1.165) is 5.56 Å². The van der Waals surface area contributed by atoms with Crippen molar-refractivity contribution in [1.29, 1.82) is 0 Å². The van der Waals surface area contributed by atoms with Gasteiger partial charge in [-0.05, 0) is 37.6 Å². The van der Waals surface area contributed by atoms with Gasteiger partial charge in [-0.15, -0.1) is 0 Å². The second-order valence-electron chi connectivity index (χ2n) is 3.70. The molecule has 104 valence electrons. The van der Waals surface area contributed by atoms with E-state index in [-0.39, 0.29) is 5.91 Å². The summed E-state index contributed by atoms with van der Waals surface area (Å²) in [4.78, 5) is 11.3. The number of carbonyl (C=O) groups excluding carboxylic acids is 1. The fourth-order valence-corrected chi connectivity index (χ4v) is 1.80. The first-order chi connectivity index (χ1) is 9.12. The lowest BCUT2D eigenvalue weighted by Gasteiger charge is -2.11. The Morgan fingerprint density at radius 3 is 2.74 bits per heavy atom. The molecule has 0 bridgehead atoms. The van der Waals surface area contributed by atoms with Crippen molar-refractivity contribution in [2.45, 2.75) is 13.8 Å². The topological polar surface area (TPSA) is 47.6 Å². The smallest absolute Gasteiger partial charge is 0.243 e. The summed E-state index contributed by atoms with van der Waals surface area (Å²) in [7, 11) is 1.55. The van der Waals surface area contributed by atoms with Gasteiger partial charge < -0.3 is 14.8 Å². The van der Waals surface area contributed by atoms with Crippen LogP contribution in [0.4, 0.5) is 0 Å². The van der Waals surface area contributed by atoms with Crippen molar-refractivity contribution in [1.82, 2.24) is 5.32 Å². The van der Waals surface area contributed by atoms with Crippen molar-refractivity contribution in [2.75, 3.05) is 20.3 Å². The number of nitrogens with one attached hydrogen (secondary N) is 1. The Hall–Kier alpha value is -1.68. The molecule has 0 radical (unpaired) electrons. The Morgan fingerprint density at radius 2 is 2.16 bits per heavy atom. The maximum atomic E-state index is 11.3. The summed E-state index contributed by atoms with van der Waals surface area (Å²) in [5, 5.41) is 3.13. The highest BCUT2D eigenvalue weighted by molar-refractivity contribution is 6.32. The van der Waals surface area contributed by atoms with Gasteiger partial charge in [-0.2, -0.15) is 0 Å². The SMILES string of the molecule is CCNC(=O)/C=C/c1cc(Cl)c(OCC)c(OC)c1. The van der Waals surface area contributed by atoms with Crippen molar-refractivity contribution >= 4 is 23.6 Å². The average Bonchev–Trinajstić information content (AvgIpc) is 2.39. The van der Waals surface area contributed by atoms with Crippen LogP contribution in [0.3, 0.4) is 0 Å². The van der Waals surface area contributed by atoms with Crippen LogP contribution in [0.15, 0.2) is 18.2 Å². The third-order valence-corrected chi connectivity index (χ3v) is 2.60. The number of ether oxygens (including phenoxy) is 2. The van der Waals surface area contributed by atoms with Crippen LogP contribution in [0.5, 0.6) is 11.5 Å². The van der Waals surface area contributed by atoms with E-state index in [1.54, 1.807) is 25.3 Å². The quantitative estimate of drug-likeness (QED) is 0.817. The molecule has 0 spiro atoms. The molecular weight excluding hydrogens is 266 g/mol. The van der Waals surface area contributed by atoms with Crippen LogP contribution < -0.4 is 14.8 Å². The van der Waals surface area contributed by atoms with Crippen LogP contribution in [0.2, 0.25) is 5.02 Å². The fraction of sp³-hybridized carbons (Fsp3) is 0.357. The predicted octanol–water partition coefficient (Wildman–Crippen LogP) is 2.90. The molecule has 5 heteroatoms. The molecule has 19 heavy (non-hydrogen) atoms. The van der Waals surface area contributed by atoms with E-state index in [4.69, 9.17) is 21.1 Å². The summed E-state index contributed by atoms with van der Waals surface area (Å²) in [6.07, 6.45) is 3.13. The minimum Gasteiger partial charge on any atom is -0.493 e. The van der Waals surface area contributed by atoms with E-state index in [0.29, 0.717) is 29.7 Å². The maximum Gasteiger partial charge on any atom is 0.243 e. The number of amides is 1. The number of rotatable bonds is 6. The van der Waals surface area contributed by atoms with Gasteiger partial charge in [0.15, 0.2) is 11.5 Å². The van der Waals surface area contributed by atoms with Crippen LogP contribution in [-0.2, 0) is 4.79 Å². The van der Waals surface area contributed by atoms with Gasteiger partial charge in [0.05, 0.1) is 18.7 Å². The third kappa shape index (κ3) is 4.48. The first-order valence-electron chi connectivity index (χ1n) is 6.08. The van der Waals surface area contributed by atoms with E-state index in [2.05, 4.69) is 5.32 Å². The molecule has 0 saturated carbocycles. The van der Waals surface area contributed by atoms with Gasteiger partial charge in [-0.3, -0.25) is 4.79 Å². The molecular formula is C14H18ClNO3. The minimum atomic E-state index is -0.147. The first-order valence-corrected chi connectivity index (χ1v) is 6.46. The number of methoxy groups -OCH3 is 1. The van der Waals surface area contributed by atoms with Crippen molar-refractivity contribution in [2.24, 2.45) is 0 Å². The number of hydrogen-bond acceptors (Lipinski definition) is 3. The second-order valence-corrected chi connectivity index (χ2v) is 4.10. The zero-order chi connectivity index (χ0) is 14.3. The number of carbonyl (C=O) groups is 1. The van der Waals surface area contributed by atoms with E-state index in [1.165, 1.54) is 6.08 Å². The van der Waals surface area contributed by atoms with E-state index >= 15 is 0 Å². The molecule has 1 N–H and O–H groups in total. The van der Waals surface area contributed by atoms with Gasteiger partial charge in [0.1, 0.15) is 0 Å². The summed E-state index contributed by atoms with van der Waals surface area (Å²) in [6, 6.07) is 3.50. The van der Waals surface area contributed by atoms with Gasteiger partial charge in [0.25, 0.3) is 0 Å². The summed E-state index contributed by atoms with van der Waals surface area (Å²) in [5.74, 6) is 0.915. The van der Waals surface area contributed by atoms with Crippen LogP contribution >= 0.6 is 11.6 Å². The molecule has 1 aromatic carbocycles. The number of hydrogen-bond donors (Lipinski definition) is 1. The number of likely N-dealkylation sites (N-methyl/N-ethyl adjacent to an activating group) is 1. The lowest BCUT2D eigenvalue weighted by atomic mass is 10.2. The highest BCUT2D eigenvalue weighted by atomic mass is 35.5. The van der Waals surface area contributed by atoms with Gasteiger partial charge in [-0.1, -0.05) is 11.6 Å². The Kier molecular flexibility index (Phi) is 6.22. The molecule has 1 aromatic rings. The summed E-state index contributed by atoms with van der Waals surface area (Å²) >= 11 is 6.13.